The minimum atomic E-state index is -1.64. The van der Waals surface area contributed by atoms with Crippen LogP contribution in [0.15, 0.2) is 30.3 Å². The van der Waals surface area contributed by atoms with Crippen molar-refractivity contribution >= 4 is 41.7 Å². The van der Waals surface area contributed by atoms with E-state index in [1.807, 2.05) is 30.3 Å². The Hall–Kier alpha value is -4.53. The molecule has 0 aromatic heterocycles. The van der Waals surface area contributed by atoms with Gasteiger partial charge in [0, 0.05) is 26.4 Å². The van der Waals surface area contributed by atoms with Gasteiger partial charge < -0.3 is 29.2 Å². The van der Waals surface area contributed by atoms with Crippen LogP contribution in [0.3, 0.4) is 0 Å². The Bertz CT molecular complexity index is 1410. The molecule has 0 saturated carbocycles. The number of benzene rings is 1. The highest BCUT2D eigenvalue weighted by atomic mass is 16.6. The molecule has 5 unspecified atom stereocenters. The Morgan fingerprint density at radius 1 is 0.920 bits per heavy atom. The maximum atomic E-state index is 14.4. The molecular formula is C35H50N4O11. The number of hydrogen-bond donors (Lipinski definition) is 2. The number of hydrogen-bond acceptors (Lipinski definition) is 12. The molecule has 2 heterocycles. The highest BCUT2D eigenvalue weighted by molar-refractivity contribution is 6.02. The number of ether oxygens (including phenoxy) is 4. The highest BCUT2D eigenvalue weighted by Gasteiger charge is 2.49. The molecule has 50 heavy (non-hydrogen) atoms. The molecule has 15 nitrogen and oxygen atoms in total. The lowest BCUT2D eigenvalue weighted by Crippen LogP contribution is -2.62. The van der Waals surface area contributed by atoms with Crippen LogP contribution in [0.4, 0.5) is 9.59 Å². The van der Waals surface area contributed by atoms with Crippen LogP contribution in [0.1, 0.15) is 79.7 Å². The Kier molecular flexibility index (Phi) is 13.9. The average molecular weight is 703 g/mol. The number of rotatable bonds is 12. The lowest BCUT2D eigenvalue weighted by Gasteiger charge is -2.37. The molecule has 1 aromatic rings. The minimum Gasteiger partial charge on any atom is -0.467 e. The summed E-state index contributed by atoms with van der Waals surface area (Å²) in [6.07, 6.45) is -1.24. The van der Waals surface area contributed by atoms with Gasteiger partial charge in [0.2, 0.25) is 5.91 Å². The van der Waals surface area contributed by atoms with Gasteiger partial charge in [0.15, 0.2) is 11.8 Å². The first-order valence-corrected chi connectivity index (χ1v) is 16.8. The molecule has 276 valence electrons. The second-order valence-electron chi connectivity index (χ2n) is 13.6. The van der Waals surface area contributed by atoms with Crippen molar-refractivity contribution in [2.75, 3.05) is 13.7 Å². The zero-order chi connectivity index (χ0) is 37.3. The van der Waals surface area contributed by atoms with Gasteiger partial charge in [0.1, 0.15) is 23.9 Å². The van der Waals surface area contributed by atoms with Crippen molar-refractivity contribution in [3.8, 4) is 0 Å². The van der Waals surface area contributed by atoms with E-state index in [9.17, 15) is 33.6 Å². The van der Waals surface area contributed by atoms with Gasteiger partial charge in [0.25, 0.3) is 0 Å². The van der Waals surface area contributed by atoms with Crippen molar-refractivity contribution in [2.24, 2.45) is 0 Å². The van der Waals surface area contributed by atoms with Crippen molar-refractivity contribution < 1.29 is 52.5 Å². The molecule has 3 rings (SSSR count). The van der Waals surface area contributed by atoms with Crippen LogP contribution in [0.5, 0.6) is 0 Å². The van der Waals surface area contributed by atoms with Gasteiger partial charge in [-0.05, 0) is 72.3 Å². The van der Waals surface area contributed by atoms with E-state index in [1.54, 1.807) is 25.7 Å². The Labute approximate surface area is 292 Å². The number of nitrogens with one attached hydrogen (secondary N) is 2. The summed E-state index contributed by atoms with van der Waals surface area (Å²) in [4.78, 5) is 94.6. The number of alkyl carbamates (subject to hydrolysis) is 1. The predicted octanol–water partition coefficient (Wildman–Crippen LogP) is 2.67. The highest BCUT2D eigenvalue weighted by Crippen LogP contribution is 2.27. The van der Waals surface area contributed by atoms with Gasteiger partial charge in [-0.1, -0.05) is 30.3 Å². The molecule has 2 aliphatic rings. The maximum absolute atomic E-state index is 14.4. The molecule has 2 N–H and O–H groups in total. The lowest BCUT2D eigenvalue weighted by molar-refractivity contribution is -0.163. The van der Waals surface area contributed by atoms with E-state index in [2.05, 4.69) is 10.6 Å². The summed E-state index contributed by atoms with van der Waals surface area (Å²) in [6.45, 7) is 10.4. The van der Waals surface area contributed by atoms with E-state index in [0.29, 0.717) is 25.8 Å². The molecule has 4 amide bonds. The van der Waals surface area contributed by atoms with Gasteiger partial charge in [0.05, 0.1) is 19.2 Å². The normalized spacial score (nSPS) is 21.2. The number of esters is 3. The first-order valence-electron chi connectivity index (χ1n) is 16.8. The lowest BCUT2D eigenvalue weighted by atomic mass is 9.99. The van der Waals surface area contributed by atoms with Crippen molar-refractivity contribution in [1.82, 2.24) is 20.4 Å². The monoisotopic (exact) mass is 702 g/mol. The fraction of sp³-hybridized carbons (Fsp3) is 0.629. The number of urea groups is 1. The van der Waals surface area contributed by atoms with Crippen LogP contribution in [-0.2, 0) is 49.3 Å². The zero-order valence-electron chi connectivity index (χ0n) is 30.1. The van der Waals surface area contributed by atoms with Crippen molar-refractivity contribution in [2.45, 2.75) is 129 Å². The van der Waals surface area contributed by atoms with Crippen LogP contribution >= 0.6 is 0 Å². The van der Waals surface area contributed by atoms with Crippen molar-refractivity contribution in [3.63, 3.8) is 0 Å². The molecule has 7 atom stereocenters. The Morgan fingerprint density at radius 2 is 1.52 bits per heavy atom. The van der Waals surface area contributed by atoms with E-state index in [4.69, 9.17) is 18.9 Å². The topological polar surface area (TPSA) is 187 Å². The summed E-state index contributed by atoms with van der Waals surface area (Å²) in [5, 5.41) is 5.45. The largest absolute Gasteiger partial charge is 0.467 e. The summed E-state index contributed by atoms with van der Waals surface area (Å²) >= 11 is 0. The SMILES string of the molecule is COC(=O)C(C(C)OC(C)=O)N(C(=O)C1CCC(C(=O)[C@H](NC(=O)OC(C)(C)C)[C@@H](C)OC(C)=O)N1)C(=O)N1CCCC1Cc1ccccc1. The molecule has 2 saturated heterocycles. The maximum Gasteiger partial charge on any atom is 0.408 e. The van der Waals surface area contributed by atoms with Crippen LogP contribution in [0.2, 0.25) is 0 Å². The minimum absolute atomic E-state index is 0.0728. The standard InChI is InChI=1S/C35H50N4O11/c1-20(48-22(3)40)28(37-33(45)50-35(5,6)7)30(42)26-16-17-27(36-26)31(43)39(29(32(44)47-8)21(2)49-23(4)41)34(46)38-18-12-15-25(38)19-24-13-10-9-11-14-24/h9-11,13-14,20-21,25-29,36H,12,15-19H2,1-8H3,(H,37,45)/t20-,21?,25?,26?,27?,28-,29?/m1/s1. The molecule has 2 aliphatic heterocycles. The number of ketones is 1. The number of methoxy groups -OCH3 is 1. The molecule has 1 aromatic carbocycles. The summed E-state index contributed by atoms with van der Waals surface area (Å²) in [6, 6.07) is 3.39. The molecule has 2 fully saturated rings. The second-order valence-corrected chi connectivity index (χ2v) is 13.6. The average Bonchev–Trinajstić information content (AvgIpc) is 3.70. The summed E-state index contributed by atoms with van der Waals surface area (Å²) in [5.41, 5.74) is 0.111. The third-order valence-electron chi connectivity index (χ3n) is 8.49. The van der Waals surface area contributed by atoms with E-state index >= 15 is 0 Å². The van der Waals surface area contributed by atoms with Gasteiger partial charge in [-0.15, -0.1) is 0 Å². The van der Waals surface area contributed by atoms with E-state index in [1.165, 1.54) is 20.8 Å². The molecule has 0 radical (unpaired) electrons. The van der Waals surface area contributed by atoms with E-state index in [0.717, 1.165) is 24.5 Å². The number of carbonyl (C=O) groups is 7. The summed E-state index contributed by atoms with van der Waals surface area (Å²) in [7, 11) is 1.10. The summed E-state index contributed by atoms with van der Waals surface area (Å²) in [5.74, 6) is -3.79. The fourth-order valence-electron chi connectivity index (χ4n) is 6.36. The Balaban J connectivity index is 1.93. The van der Waals surface area contributed by atoms with E-state index < -0.39 is 83.7 Å². The summed E-state index contributed by atoms with van der Waals surface area (Å²) < 4.78 is 20.9. The predicted molar refractivity (Wildman–Crippen MR) is 178 cm³/mol. The molecule has 0 bridgehead atoms. The molecule has 0 spiro atoms. The van der Waals surface area contributed by atoms with Crippen LogP contribution in [-0.4, -0.2) is 113 Å². The van der Waals surface area contributed by atoms with Crippen molar-refractivity contribution in [1.29, 1.82) is 0 Å². The fourth-order valence-corrected chi connectivity index (χ4v) is 6.36. The van der Waals surface area contributed by atoms with Crippen LogP contribution < -0.4 is 10.6 Å². The molecule has 0 aliphatic carbocycles. The number of likely N-dealkylation sites (tertiary alicyclic amines) is 1. The van der Waals surface area contributed by atoms with Gasteiger partial charge in [-0.2, -0.15) is 0 Å². The first kappa shape index (κ1) is 39.9. The van der Waals surface area contributed by atoms with Gasteiger partial charge >= 0.3 is 30.0 Å². The number of carbonyl (C=O) groups excluding carboxylic acids is 7. The third kappa shape index (κ3) is 10.7. The van der Waals surface area contributed by atoms with Gasteiger partial charge in [-0.3, -0.25) is 24.5 Å². The van der Waals surface area contributed by atoms with Crippen LogP contribution in [0, 0.1) is 0 Å². The van der Waals surface area contributed by atoms with Crippen LogP contribution in [0.25, 0.3) is 0 Å². The van der Waals surface area contributed by atoms with E-state index in [-0.39, 0.29) is 18.9 Å². The second kappa shape index (κ2) is 17.4. The number of imide groups is 1. The number of amides is 4. The number of nitrogens with zero attached hydrogens (tertiary/aromatic N) is 2. The van der Waals surface area contributed by atoms with Crippen molar-refractivity contribution in [3.05, 3.63) is 35.9 Å². The molecule has 15 heteroatoms. The Morgan fingerprint density at radius 3 is 2.10 bits per heavy atom. The third-order valence-corrected chi connectivity index (χ3v) is 8.49. The smallest absolute Gasteiger partial charge is 0.408 e. The number of Topliss-reactive ketones (excluding diaryl/α,β-unsaturated/α-hetero) is 1. The first-order chi connectivity index (χ1) is 23.4. The zero-order valence-corrected chi connectivity index (χ0v) is 30.1. The van der Waals surface area contributed by atoms with Gasteiger partial charge in [-0.25, -0.2) is 19.3 Å². The quantitative estimate of drug-likeness (QED) is 0.240. The molecular weight excluding hydrogens is 652 g/mol.